The third-order valence-corrected chi connectivity index (χ3v) is 6.40. The average Bonchev–Trinajstić information content (AvgIpc) is 3.23. The molecule has 2 aromatic heterocycles. The maximum absolute atomic E-state index is 12.8. The number of hydrogen-bond acceptors (Lipinski definition) is 5. The van der Waals surface area contributed by atoms with Crippen LogP contribution in [0.1, 0.15) is 21.7 Å². The van der Waals surface area contributed by atoms with Crippen LogP contribution in [-0.4, -0.2) is 48.1 Å². The Morgan fingerprint density at radius 3 is 2.74 bits per heavy atom. The normalized spacial score (nSPS) is 25.2. The van der Waals surface area contributed by atoms with E-state index in [0.29, 0.717) is 17.9 Å². The summed E-state index contributed by atoms with van der Waals surface area (Å²) in [5, 5.41) is 3.54. The molecule has 1 unspecified atom stereocenters. The minimum Gasteiger partial charge on any atom is -0.351 e. The summed E-state index contributed by atoms with van der Waals surface area (Å²) in [5.74, 6) is 0.647. The first kappa shape index (κ1) is 18.7. The first-order valence-electron chi connectivity index (χ1n) is 9.20. The van der Waals surface area contributed by atoms with E-state index < -0.39 is 11.7 Å². The third-order valence-electron chi connectivity index (χ3n) is 5.40. The lowest BCUT2D eigenvalue weighted by molar-refractivity contribution is -0.137. The number of thiophene rings is 1. The molecule has 0 spiro atoms. The second kappa shape index (κ2) is 7.41. The fourth-order valence-corrected chi connectivity index (χ4v) is 4.85. The molecule has 2 fully saturated rings. The van der Waals surface area contributed by atoms with E-state index in [-0.39, 0.29) is 0 Å². The van der Waals surface area contributed by atoms with E-state index in [1.165, 1.54) is 15.8 Å². The third kappa shape index (κ3) is 4.12. The van der Waals surface area contributed by atoms with Crippen LogP contribution in [0.4, 0.5) is 19.0 Å². The van der Waals surface area contributed by atoms with Crippen LogP contribution in [0.5, 0.6) is 0 Å². The molecule has 2 aromatic rings. The van der Waals surface area contributed by atoms with Crippen LogP contribution in [-0.2, 0) is 12.7 Å². The van der Waals surface area contributed by atoms with Crippen molar-refractivity contribution in [2.24, 2.45) is 0 Å². The highest BCUT2D eigenvalue weighted by Gasteiger charge is 2.39. The molecule has 2 aliphatic heterocycles. The minimum atomic E-state index is -4.34. The van der Waals surface area contributed by atoms with Crippen molar-refractivity contribution in [3.8, 4) is 0 Å². The van der Waals surface area contributed by atoms with E-state index in [2.05, 4.69) is 39.2 Å². The monoisotopic (exact) mass is 396 g/mol. The Bertz CT molecular complexity index is 774. The summed E-state index contributed by atoms with van der Waals surface area (Å²) in [7, 11) is 0. The van der Waals surface area contributed by atoms with Crippen LogP contribution >= 0.6 is 11.3 Å². The number of piperazine rings is 1. The maximum Gasteiger partial charge on any atom is 0.417 e. The molecule has 0 saturated carbocycles. The molecular formula is C19H23F3N4S. The van der Waals surface area contributed by atoms with Gasteiger partial charge in [0, 0.05) is 60.8 Å². The number of aromatic nitrogens is 1. The molecule has 146 valence electrons. The van der Waals surface area contributed by atoms with Gasteiger partial charge in [0.1, 0.15) is 5.82 Å². The average molecular weight is 396 g/mol. The first-order valence-corrected chi connectivity index (χ1v) is 10.0. The van der Waals surface area contributed by atoms with Crippen molar-refractivity contribution in [1.82, 2.24) is 15.2 Å². The van der Waals surface area contributed by atoms with Crippen LogP contribution in [0.3, 0.4) is 0 Å². The lowest BCUT2D eigenvalue weighted by atomic mass is 10.1. The van der Waals surface area contributed by atoms with Crippen molar-refractivity contribution < 1.29 is 13.2 Å². The number of nitrogens with zero attached hydrogens (tertiary/aromatic N) is 3. The molecule has 4 rings (SSSR count). The largest absolute Gasteiger partial charge is 0.417 e. The molecular weight excluding hydrogens is 373 g/mol. The van der Waals surface area contributed by atoms with E-state index in [9.17, 15) is 13.2 Å². The lowest BCUT2D eigenvalue weighted by Crippen LogP contribution is -2.56. The lowest BCUT2D eigenvalue weighted by Gasteiger charge is -2.41. The van der Waals surface area contributed by atoms with Crippen molar-refractivity contribution in [3.05, 3.63) is 45.8 Å². The number of anilines is 1. The van der Waals surface area contributed by atoms with Crippen LogP contribution in [0.25, 0.3) is 0 Å². The molecule has 27 heavy (non-hydrogen) atoms. The summed E-state index contributed by atoms with van der Waals surface area (Å²) in [4.78, 5) is 11.4. The Morgan fingerprint density at radius 1 is 1.22 bits per heavy atom. The highest BCUT2D eigenvalue weighted by atomic mass is 32.1. The Labute approximate surface area is 161 Å². The van der Waals surface area contributed by atoms with Crippen LogP contribution in [0.15, 0.2) is 30.5 Å². The van der Waals surface area contributed by atoms with Gasteiger partial charge in [-0.25, -0.2) is 4.98 Å². The van der Waals surface area contributed by atoms with E-state index >= 15 is 0 Å². The number of aryl methyl sites for hydroxylation is 1. The predicted molar refractivity (Wildman–Crippen MR) is 101 cm³/mol. The Hall–Kier alpha value is -1.64. The Morgan fingerprint density at radius 2 is 2.07 bits per heavy atom. The molecule has 1 N–H and O–H groups in total. The van der Waals surface area contributed by atoms with Gasteiger partial charge in [-0.3, -0.25) is 4.90 Å². The second-order valence-electron chi connectivity index (χ2n) is 7.29. The van der Waals surface area contributed by atoms with Gasteiger partial charge < -0.3 is 10.2 Å². The second-order valence-corrected chi connectivity index (χ2v) is 8.66. The van der Waals surface area contributed by atoms with Crippen molar-refractivity contribution in [2.45, 2.75) is 38.1 Å². The van der Waals surface area contributed by atoms with Gasteiger partial charge in [-0.05, 0) is 37.6 Å². The quantitative estimate of drug-likeness (QED) is 0.838. The summed E-state index contributed by atoms with van der Waals surface area (Å²) in [6, 6.07) is 7.61. The standard InChI is InChI=1S/C19H23F3N4S/c1-13-2-4-17(27-13)10-23-9-16-12-26(15-6-7-25(16)11-15)18-5-3-14(8-24-18)19(20,21)22/h2-5,8,15-16,23H,6-7,9-12H2,1H3/t15-,16+/m0/s1. The van der Waals surface area contributed by atoms with Crippen molar-refractivity contribution >= 4 is 17.2 Å². The van der Waals surface area contributed by atoms with Crippen LogP contribution in [0.2, 0.25) is 0 Å². The summed E-state index contributed by atoms with van der Waals surface area (Å²) >= 11 is 1.80. The zero-order chi connectivity index (χ0) is 19.0. The fourth-order valence-electron chi connectivity index (χ4n) is 3.99. The first-order chi connectivity index (χ1) is 12.9. The molecule has 0 aliphatic carbocycles. The van der Waals surface area contributed by atoms with E-state index in [1.807, 2.05) is 0 Å². The Balaban J connectivity index is 1.40. The zero-order valence-electron chi connectivity index (χ0n) is 15.2. The number of hydrogen-bond donors (Lipinski definition) is 1. The zero-order valence-corrected chi connectivity index (χ0v) is 16.0. The number of nitrogens with one attached hydrogen (secondary N) is 1. The topological polar surface area (TPSA) is 31.4 Å². The van der Waals surface area contributed by atoms with Gasteiger partial charge in [-0.1, -0.05) is 0 Å². The van der Waals surface area contributed by atoms with Gasteiger partial charge in [-0.15, -0.1) is 11.3 Å². The summed E-state index contributed by atoms with van der Waals surface area (Å²) in [5.41, 5.74) is -0.694. The van der Waals surface area contributed by atoms with Crippen molar-refractivity contribution in [1.29, 1.82) is 0 Å². The molecule has 4 nitrogen and oxygen atoms in total. The van der Waals surface area contributed by atoms with Crippen LogP contribution in [0, 0.1) is 6.92 Å². The van der Waals surface area contributed by atoms with Crippen molar-refractivity contribution in [2.75, 3.05) is 31.1 Å². The maximum atomic E-state index is 12.8. The highest BCUT2D eigenvalue weighted by Crippen LogP contribution is 2.32. The van der Waals surface area contributed by atoms with E-state index in [1.54, 1.807) is 11.3 Å². The molecule has 2 aliphatic rings. The van der Waals surface area contributed by atoms with Crippen molar-refractivity contribution in [3.63, 3.8) is 0 Å². The summed E-state index contributed by atoms with van der Waals surface area (Å²) < 4.78 is 38.4. The number of alkyl halides is 3. The number of rotatable bonds is 5. The van der Waals surface area contributed by atoms with Gasteiger partial charge in [0.15, 0.2) is 0 Å². The van der Waals surface area contributed by atoms with Gasteiger partial charge in [-0.2, -0.15) is 13.2 Å². The van der Waals surface area contributed by atoms with E-state index in [4.69, 9.17) is 0 Å². The number of fused-ring (bicyclic) bond motifs is 2. The van der Waals surface area contributed by atoms with Crippen LogP contribution < -0.4 is 10.2 Å². The summed E-state index contributed by atoms with van der Waals surface area (Å²) in [6.45, 7) is 6.60. The van der Waals surface area contributed by atoms with Gasteiger partial charge in [0.2, 0.25) is 0 Å². The molecule has 0 radical (unpaired) electrons. The van der Waals surface area contributed by atoms with E-state index in [0.717, 1.165) is 51.4 Å². The van der Waals surface area contributed by atoms with Gasteiger partial charge in [0.05, 0.1) is 5.56 Å². The Kier molecular flexibility index (Phi) is 5.13. The molecule has 8 heteroatoms. The SMILES string of the molecule is Cc1ccc(CNC[C@@H]2CN(c3ccc(C(F)(F)F)cn3)[C@H]3CCN2C3)s1. The molecule has 0 aromatic carbocycles. The summed E-state index contributed by atoms with van der Waals surface area (Å²) in [6.07, 6.45) is -2.36. The van der Waals surface area contributed by atoms with Gasteiger partial charge in [0.25, 0.3) is 0 Å². The number of halogens is 3. The molecule has 2 saturated heterocycles. The van der Waals surface area contributed by atoms with Gasteiger partial charge >= 0.3 is 6.18 Å². The highest BCUT2D eigenvalue weighted by molar-refractivity contribution is 7.11. The molecule has 4 heterocycles. The number of pyridine rings is 1. The molecule has 0 amide bonds. The fraction of sp³-hybridized carbons (Fsp3) is 0.526. The predicted octanol–water partition coefficient (Wildman–Crippen LogP) is 3.52. The minimum absolute atomic E-state index is 0.338. The molecule has 2 bridgehead atoms. The smallest absolute Gasteiger partial charge is 0.351 e. The molecule has 3 atom stereocenters.